The van der Waals surface area contributed by atoms with Gasteiger partial charge in [-0.2, -0.15) is 4.31 Å². The Hall–Kier alpha value is -2.47. The highest BCUT2D eigenvalue weighted by molar-refractivity contribution is 7.92. The van der Waals surface area contributed by atoms with Crippen molar-refractivity contribution in [3.63, 3.8) is 0 Å². The zero-order valence-corrected chi connectivity index (χ0v) is 16.6. The van der Waals surface area contributed by atoms with Gasteiger partial charge in [0, 0.05) is 29.1 Å². The zero-order valence-electron chi connectivity index (χ0n) is 15.0. The summed E-state index contributed by atoms with van der Waals surface area (Å²) in [4.78, 5) is 0. The Morgan fingerprint density at radius 2 is 1.39 bits per heavy atom. The summed E-state index contributed by atoms with van der Waals surface area (Å²) in [5.41, 5.74) is 1.71. The van der Waals surface area contributed by atoms with Crippen molar-refractivity contribution >= 4 is 27.7 Å². The molecule has 0 radical (unpaired) electrons. The maximum atomic E-state index is 14.1. The fourth-order valence-electron chi connectivity index (χ4n) is 2.68. The normalized spacial score (nSPS) is 12.0. The second-order valence-electron chi connectivity index (χ2n) is 6.21. The first-order valence-electron chi connectivity index (χ1n) is 8.66. The average molecular weight is 416 g/mol. The van der Waals surface area contributed by atoms with Crippen LogP contribution in [0.4, 0.5) is 4.39 Å². The van der Waals surface area contributed by atoms with Gasteiger partial charge in [0.05, 0.1) is 0 Å². The van der Waals surface area contributed by atoms with E-state index in [1.54, 1.807) is 54.6 Å². The second-order valence-corrected chi connectivity index (χ2v) is 8.43. The maximum Gasteiger partial charge on any atom is 0.236 e. The average Bonchev–Trinajstić information content (AvgIpc) is 2.70. The largest absolute Gasteiger partial charge is 0.236 e. The monoisotopic (exact) mass is 415 g/mol. The topological polar surface area (TPSA) is 37.4 Å². The molecule has 28 heavy (non-hydrogen) atoms. The van der Waals surface area contributed by atoms with Gasteiger partial charge in [0.25, 0.3) is 0 Å². The quantitative estimate of drug-likeness (QED) is 0.512. The highest BCUT2D eigenvalue weighted by Crippen LogP contribution is 2.22. The van der Waals surface area contributed by atoms with Crippen molar-refractivity contribution < 1.29 is 12.8 Å². The first-order valence-corrected chi connectivity index (χ1v) is 10.5. The first-order chi connectivity index (χ1) is 13.5. The van der Waals surface area contributed by atoms with Crippen molar-refractivity contribution in [1.82, 2.24) is 4.31 Å². The van der Waals surface area contributed by atoms with Crippen LogP contribution in [0.5, 0.6) is 0 Å². The molecule has 0 aliphatic rings. The molecule has 3 aromatic rings. The minimum atomic E-state index is -3.82. The van der Waals surface area contributed by atoms with Crippen molar-refractivity contribution in [2.75, 3.05) is 0 Å². The predicted octanol–water partition coefficient (Wildman–Crippen LogP) is 5.48. The molecule has 3 aromatic carbocycles. The summed E-state index contributed by atoms with van der Waals surface area (Å²) in [6.07, 6.45) is 1.52. The predicted molar refractivity (Wildman–Crippen MR) is 111 cm³/mol. The van der Waals surface area contributed by atoms with Gasteiger partial charge in [0.15, 0.2) is 0 Å². The number of rotatable bonds is 7. The molecule has 0 aromatic heterocycles. The highest BCUT2D eigenvalue weighted by Gasteiger charge is 2.22. The van der Waals surface area contributed by atoms with Crippen molar-refractivity contribution in [2.24, 2.45) is 0 Å². The van der Waals surface area contributed by atoms with Crippen LogP contribution in [0.15, 0.2) is 84.3 Å². The van der Waals surface area contributed by atoms with Crippen LogP contribution in [0.2, 0.25) is 5.02 Å². The van der Waals surface area contributed by atoms with E-state index in [1.807, 2.05) is 18.2 Å². The number of nitrogens with zero attached hydrogens (tertiary/aromatic N) is 1. The van der Waals surface area contributed by atoms with Crippen LogP contribution in [-0.4, -0.2) is 12.7 Å². The minimum Gasteiger partial charge on any atom is -0.207 e. The number of halogens is 2. The molecule has 0 aliphatic heterocycles. The van der Waals surface area contributed by atoms with Crippen LogP contribution in [0.1, 0.15) is 16.7 Å². The number of benzene rings is 3. The fraction of sp³-hybridized carbons (Fsp3) is 0.0909. The van der Waals surface area contributed by atoms with Crippen molar-refractivity contribution in [3.8, 4) is 0 Å². The molecule has 0 spiro atoms. The van der Waals surface area contributed by atoms with Crippen LogP contribution in [-0.2, 0) is 23.1 Å². The lowest BCUT2D eigenvalue weighted by molar-refractivity contribution is 0.400. The maximum absolute atomic E-state index is 14.1. The number of hydrogen-bond donors (Lipinski definition) is 0. The zero-order chi connectivity index (χ0) is 20.0. The van der Waals surface area contributed by atoms with E-state index in [-0.39, 0.29) is 13.1 Å². The molecule has 0 atom stereocenters. The van der Waals surface area contributed by atoms with E-state index in [1.165, 1.54) is 16.4 Å². The van der Waals surface area contributed by atoms with E-state index in [0.717, 1.165) is 11.0 Å². The van der Waals surface area contributed by atoms with E-state index in [9.17, 15) is 12.8 Å². The van der Waals surface area contributed by atoms with Crippen LogP contribution < -0.4 is 0 Å². The molecule has 144 valence electrons. The lowest BCUT2D eigenvalue weighted by Gasteiger charge is -2.21. The third kappa shape index (κ3) is 5.29. The van der Waals surface area contributed by atoms with Crippen LogP contribution in [0.3, 0.4) is 0 Å². The molecule has 6 heteroatoms. The van der Waals surface area contributed by atoms with Gasteiger partial charge in [-0.1, -0.05) is 78.3 Å². The van der Waals surface area contributed by atoms with E-state index >= 15 is 0 Å². The Balaban J connectivity index is 1.93. The molecule has 3 rings (SSSR count). The summed E-state index contributed by atoms with van der Waals surface area (Å²) in [6.45, 7) is -0.0607. The van der Waals surface area contributed by atoms with Crippen LogP contribution in [0.25, 0.3) is 6.08 Å². The Morgan fingerprint density at radius 3 is 2.07 bits per heavy atom. The summed E-state index contributed by atoms with van der Waals surface area (Å²) >= 11 is 6.21. The van der Waals surface area contributed by atoms with Crippen LogP contribution in [0, 0.1) is 5.82 Å². The van der Waals surface area contributed by atoms with Gasteiger partial charge in [-0.3, -0.25) is 0 Å². The third-order valence-corrected chi connectivity index (χ3v) is 6.03. The minimum absolute atomic E-state index is 0.0372. The molecule has 0 fully saturated rings. The Morgan fingerprint density at radius 1 is 0.821 bits per heavy atom. The third-order valence-electron chi connectivity index (χ3n) is 4.20. The molecule has 0 heterocycles. The molecule has 0 N–H and O–H groups in total. The first kappa shape index (κ1) is 20.3. The van der Waals surface area contributed by atoms with E-state index < -0.39 is 15.8 Å². The van der Waals surface area contributed by atoms with Crippen molar-refractivity contribution in [1.29, 1.82) is 0 Å². The van der Waals surface area contributed by atoms with Gasteiger partial charge in [-0.25, -0.2) is 12.8 Å². The standard InChI is InChI=1S/C22H19ClFNO2S/c23-21-12-6-4-10-19(21)16-25(17-20-11-5-7-13-22(20)24)28(26,27)15-14-18-8-2-1-3-9-18/h1-15H,16-17H2/b15-14+. The summed E-state index contributed by atoms with van der Waals surface area (Å²) in [7, 11) is -3.82. The SMILES string of the molecule is O=S(=O)(/C=C/c1ccccc1)N(Cc1ccccc1F)Cc1ccccc1Cl. The lowest BCUT2D eigenvalue weighted by atomic mass is 10.2. The van der Waals surface area contributed by atoms with Crippen LogP contribution >= 0.6 is 11.6 Å². The highest BCUT2D eigenvalue weighted by atomic mass is 35.5. The van der Waals surface area contributed by atoms with Crippen molar-refractivity contribution in [3.05, 3.63) is 112 Å². The van der Waals surface area contributed by atoms with Crippen molar-refractivity contribution in [2.45, 2.75) is 13.1 Å². The molecule has 0 saturated heterocycles. The molecule has 0 bridgehead atoms. The molecule has 0 unspecified atom stereocenters. The Bertz CT molecular complexity index is 1020. The van der Waals surface area contributed by atoms with Gasteiger partial charge >= 0.3 is 0 Å². The number of sulfonamides is 1. The molecular weight excluding hydrogens is 397 g/mol. The van der Waals surface area contributed by atoms with Gasteiger partial charge in [0.2, 0.25) is 10.0 Å². The van der Waals surface area contributed by atoms with Gasteiger partial charge < -0.3 is 0 Å². The lowest BCUT2D eigenvalue weighted by Crippen LogP contribution is -2.29. The van der Waals surface area contributed by atoms with Gasteiger partial charge in [-0.05, 0) is 29.3 Å². The van der Waals surface area contributed by atoms with E-state index in [0.29, 0.717) is 16.1 Å². The molecular formula is C22H19ClFNO2S. The fourth-order valence-corrected chi connectivity index (χ4v) is 4.02. The summed E-state index contributed by atoms with van der Waals surface area (Å²) in [5, 5.41) is 1.60. The molecule has 0 aliphatic carbocycles. The molecule has 3 nitrogen and oxygen atoms in total. The van der Waals surface area contributed by atoms with Gasteiger partial charge in [-0.15, -0.1) is 0 Å². The second kappa shape index (κ2) is 9.15. The Labute approximate surface area is 169 Å². The molecule has 0 amide bonds. The number of hydrogen-bond acceptors (Lipinski definition) is 2. The summed E-state index contributed by atoms with van der Waals surface area (Å²) in [5.74, 6) is -0.450. The molecule has 0 saturated carbocycles. The Kier molecular flexibility index (Phi) is 6.62. The van der Waals surface area contributed by atoms with E-state index in [4.69, 9.17) is 11.6 Å². The summed E-state index contributed by atoms with van der Waals surface area (Å²) < 4.78 is 41.4. The smallest absolute Gasteiger partial charge is 0.207 e. The summed E-state index contributed by atoms with van der Waals surface area (Å²) in [6, 6.07) is 22.3. The van der Waals surface area contributed by atoms with Gasteiger partial charge in [0.1, 0.15) is 5.82 Å². The van der Waals surface area contributed by atoms with E-state index in [2.05, 4.69) is 0 Å².